The molecule has 0 bridgehead atoms. The van der Waals surface area contributed by atoms with E-state index >= 15 is 0 Å². The van der Waals surface area contributed by atoms with E-state index in [4.69, 9.17) is 12.2 Å². The summed E-state index contributed by atoms with van der Waals surface area (Å²) in [5.74, 6) is 0.564. The minimum absolute atomic E-state index is 0.0617. The van der Waals surface area contributed by atoms with Gasteiger partial charge in [-0.1, -0.05) is 36.4 Å². The molecule has 0 saturated carbocycles. The van der Waals surface area contributed by atoms with E-state index in [1.54, 1.807) is 11.6 Å². The quantitative estimate of drug-likeness (QED) is 0.503. The first-order valence-corrected chi connectivity index (χ1v) is 9.82. The second kappa shape index (κ2) is 6.39. The molecule has 2 aromatic heterocycles. The van der Waals surface area contributed by atoms with E-state index in [0.29, 0.717) is 28.6 Å². The molecule has 7 heteroatoms. The largest absolute Gasteiger partial charge is 0.280 e. The van der Waals surface area contributed by atoms with Gasteiger partial charge in [0, 0.05) is 13.1 Å². The zero-order chi connectivity index (χ0) is 19.4. The normalized spacial score (nSPS) is 16.3. The summed E-state index contributed by atoms with van der Waals surface area (Å²) in [6, 6.07) is 16.5. The van der Waals surface area contributed by atoms with Crippen molar-refractivity contribution in [2.24, 2.45) is 7.05 Å². The van der Waals surface area contributed by atoms with E-state index < -0.39 is 0 Å². The third-order valence-corrected chi connectivity index (χ3v) is 6.19. The number of nitrogens with zero attached hydrogens (tertiary/aromatic N) is 5. The van der Waals surface area contributed by atoms with E-state index in [2.05, 4.69) is 41.3 Å². The number of hydrogen-bond acceptors (Lipinski definition) is 4. The molecule has 0 amide bonds. The number of aromatic nitrogens is 4. The van der Waals surface area contributed by atoms with Gasteiger partial charge in [0.25, 0.3) is 5.56 Å². The lowest BCUT2D eigenvalue weighted by atomic mass is 10.1. The zero-order valence-corrected chi connectivity index (χ0v) is 16.7. The Labute approximate surface area is 167 Å². The zero-order valence-electron chi connectivity index (χ0n) is 15.9. The Hall–Kier alpha value is -2.77. The summed E-state index contributed by atoms with van der Waals surface area (Å²) in [5.41, 5.74) is 3.54. The lowest BCUT2D eigenvalue weighted by Gasteiger charge is -2.24. The molecule has 4 aromatic rings. The molecule has 0 saturated heterocycles. The summed E-state index contributed by atoms with van der Waals surface area (Å²) >= 11 is 5.75. The molecular formula is C21H21N5OS. The summed E-state index contributed by atoms with van der Waals surface area (Å²) < 4.78 is 5.87. The monoisotopic (exact) mass is 391 g/mol. The Morgan fingerprint density at radius 3 is 2.79 bits per heavy atom. The van der Waals surface area contributed by atoms with Crippen molar-refractivity contribution in [3.05, 3.63) is 74.8 Å². The van der Waals surface area contributed by atoms with Crippen LogP contribution in [-0.4, -0.2) is 30.7 Å². The second-order valence-electron chi connectivity index (χ2n) is 7.45. The van der Waals surface area contributed by atoms with Crippen molar-refractivity contribution in [2.45, 2.75) is 25.6 Å². The Morgan fingerprint density at radius 1 is 1.18 bits per heavy atom. The van der Waals surface area contributed by atoms with Crippen LogP contribution in [-0.2, 0) is 20.1 Å². The average Bonchev–Trinajstić information content (AvgIpc) is 3.28. The predicted octanol–water partition coefficient (Wildman–Crippen LogP) is 3.29. The number of benzene rings is 2. The Kier molecular flexibility index (Phi) is 3.96. The van der Waals surface area contributed by atoms with Gasteiger partial charge in [0.2, 0.25) is 10.5 Å². The van der Waals surface area contributed by atoms with Gasteiger partial charge in [-0.2, -0.15) is 0 Å². The number of para-hydroxylation sites is 1. The molecule has 6 nitrogen and oxygen atoms in total. The van der Waals surface area contributed by atoms with Crippen LogP contribution in [0.5, 0.6) is 0 Å². The number of aryl methyl sites for hydroxylation is 2. The van der Waals surface area contributed by atoms with Gasteiger partial charge in [0.05, 0.1) is 17.6 Å². The SMILES string of the molecule is CN(Cn1nc2n(C)c(=O)c3ccccc3n2c1=S)C1CCc2ccccc21. The third kappa shape index (κ3) is 2.47. The minimum Gasteiger partial charge on any atom is -0.280 e. The average molecular weight is 392 g/mol. The molecule has 0 N–H and O–H groups in total. The number of rotatable bonds is 3. The van der Waals surface area contributed by atoms with E-state index in [1.165, 1.54) is 11.1 Å². The van der Waals surface area contributed by atoms with Gasteiger partial charge in [0.15, 0.2) is 0 Å². The van der Waals surface area contributed by atoms with E-state index in [0.717, 1.165) is 18.4 Å². The molecule has 0 fully saturated rings. The van der Waals surface area contributed by atoms with Gasteiger partial charge in [-0.3, -0.25) is 18.7 Å². The second-order valence-corrected chi connectivity index (χ2v) is 7.82. The van der Waals surface area contributed by atoms with Crippen LogP contribution in [0.3, 0.4) is 0 Å². The molecule has 142 valence electrons. The lowest BCUT2D eigenvalue weighted by molar-refractivity contribution is 0.182. The summed E-state index contributed by atoms with van der Waals surface area (Å²) in [5, 5.41) is 5.33. The van der Waals surface area contributed by atoms with Gasteiger partial charge in [-0.05, 0) is 55.4 Å². The first-order valence-electron chi connectivity index (χ1n) is 9.41. The minimum atomic E-state index is -0.0617. The number of fused-ring (bicyclic) bond motifs is 4. The molecule has 28 heavy (non-hydrogen) atoms. The molecule has 0 aliphatic heterocycles. The lowest BCUT2D eigenvalue weighted by Crippen LogP contribution is -2.26. The Bertz CT molecular complexity index is 1330. The summed E-state index contributed by atoms with van der Waals surface area (Å²) in [6.45, 7) is 0.571. The highest BCUT2D eigenvalue weighted by Gasteiger charge is 2.26. The van der Waals surface area contributed by atoms with Crippen molar-refractivity contribution in [3.63, 3.8) is 0 Å². The van der Waals surface area contributed by atoms with Crippen LogP contribution in [0, 0.1) is 4.77 Å². The molecule has 1 aliphatic rings. The number of hydrogen-bond donors (Lipinski definition) is 0. The van der Waals surface area contributed by atoms with E-state index in [9.17, 15) is 4.79 Å². The molecule has 1 atom stereocenters. The van der Waals surface area contributed by atoms with Crippen LogP contribution in [0.2, 0.25) is 0 Å². The standard InChI is InChI=1S/C21H21N5OS/c1-23(17-12-11-14-7-3-4-8-15(14)17)13-25-21(28)26-18-10-6-5-9-16(18)19(27)24(2)20(26)22-25/h3-10,17H,11-13H2,1-2H3. The summed E-state index contributed by atoms with van der Waals surface area (Å²) in [6.07, 6.45) is 2.19. The first kappa shape index (κ1) is 17.3. The van der Waals surface area contributed by atoms with Gasteiger partial charge in [-0.25, -0.2) is 4.68 Å². The fraction of sp³-hybridized carbons (Fsp3) is 0.286. The Balaban J connectivity index is 1.60. The molecule has 2 aromatic carbocycles. The fourth-order valence-corrected chi connectivity index (χ4v) is 4.62. The van der Waals surface area contributed by atoms with Crippen molar-refractivity contribution in [1.82, 2.24) is 23.6 Å². The van der Waals surface area contributed by atoms with E-state index in [1.807, 2.05) is 33.3 Å². The van der Waals surface area contributed by atoms with Crippen LogP contribution in [0.4, 0.5) is 0 Å². The summed E-state index contributed by atoms with van der Waals surface area (Å²) in [4.78, 5) is 15.0. The molecule has 5 rings (SSSR count). The van der Waals surface area contributed by atoms with Crippen LogP contribution in [0.15, 0.2) is 53.3 Å². The van der Waals surface area contributed by atoms with Crippen LogP contribution in [0.1, 0.15) is 23.6 Å². The first-order chi connectivity index (χ1) is 13.6. The molecule has 0 radical (unpaired) electrons. The highest BCUT2D eigenvalue weighted by molar-refractivity contribution is 7.71. The molecule has 1 aliphatic carbocycles. The van der Waals surface area contributed by atoms with Gasteiger partial charge < -0.3 is 0 Å². The molecule has 0 spiro atoms. The summed E-state index contributed by atoms with van der Waals surface area (Å²) in [7, 11) is 3.85. The van der Waals surface area contributed by atoms with Crippen molar-refractivity contribution in [3.8, 4) is 0 Å². The maximum Gasteiger partial charge on any atom is 0.262 e. The van der Waals surface area contributed by atoms with Crippen molar-refractivity contribution < 1.29 is 0 Å². The Morgan fingerprint density at radius 2 is 1.93 bits per heavy atom. The molecular weight excluding hydrogens is 370 g/mol. The maximum atomic E-state index is 12.7. The van der Waals surface area contributed by atoms with Crippen molar-refractivity contribution in [1.29, 1.82) is 0 Å². The van der Waals surface area contributed by atoms with Crippen molar-refractivity contribution in [2.75, 3.05) is 7.05 Å². The van der Waals surface area contributed by atoms with Crippen LogP contribution >= 0.6 is 12.2 Å². The van der Waals surface area contributed by atoms with Gasteiger partial charge in [-0.15, -0.1) is 5.10 Å². The van der Waals surface area contributed by atoms with E-state index in [-0.39, 0.29) is 5.56 Å². The van der Waals surface area contributed by atoms with Gasteiger partial charge in [0.1, 0.15) is 0 Å². The third-order valence-electron chi connectivity index (χ3n) is 5.79. The smallest absolute Gasteiger partial charge is 0.262 e. The van der Waals surface area contributed by atoms with Crippen LogP contribution < -0.4 is 5.56 Å². The van der Waals surface area contributed by atoms with Crippen LogP contribution in [0.25, 0.3) is 16.7 Å². The van der Waals surface area contributed by atoms with Crippen molar-refractivity contribution >= 4 is 28.9 Å². The highest BCUT2D eigenvalue weighted by atomic mass is 32.1. The predicted molar refractivity (Wildman–Crippen MR) is 112 cm³/mol. The maximum absolute atomic E-state index is 12.7. The van der Waals surface area contributed by atoms with Gasteiger partial charge >= 0.3 is 0 Å². The fourth-order valence-electron chi connectivity index (χ4n) is 4.34. The highest BCUT2D eigenvalue weighted by Crippen LogP contribution is 2.34. The molecule has 1 unspecified atom stereocenters. The topological polar surface area (TPSA) is 47.5 Å². The molecule has 2 heterocycles.